The molecule has 0 aliphatic heterocycles. The molecule has 0 fully saturated rings. The van der Waals surface area contributed by atoms with Gasteiger partial charge in [-0.3, -0.25) is 4.90 Å². The number of hydrogen-bond acceptors (Lipinski definition) is 2. The second kappa shape index (κ2) is 7.49. The van der Waals surface area contributed by atoms with Gasteiger partial charge in [-0.25, -0.2) is 4.39 Å². The predicted octanol–water partition coefficient (Wildman–Crippen LogP) is 3.19. The van der Waals surface area contributed by atoms with Gasteiger partial charge in [0.15, 0.2) is 0 Å². The quantitative estimate of drug-likeness (QED) is 0.807. The van der Waals surface area contributed by atoms with E-state index in [9.17, 15) is 4.39 Å². The van der Waals surface area contributed by atoms with Crippen molar-refractivity contribution in [2.45, 2.75) is 32.7 Å². The van der Waals surface area contributed by atoms with Crippen molar-refractivity contribution in [2.75, 3.05) is 20.1 Å². The molecular formula is C15H25FN2. The first-order chi connectivity index (χ1) is 8.56. The van der Waals surface area contributed by atoms with Crippen molar-refractivity contribution in [3.8, 4) is 0 Å². The van der Waals surface area contributed by atoms with Crippen LogP contribution in [0.5, 0.6) is 0 Å². The molecule has 2 nitrogen and oxygen atoms in total. The Labute approximate surface area is 110 Å². The van der Waals surface area contributed by atoms with Crippen LogP contribution in [-0.2, 0) is 0 Å². The molecule has 1 aromatic carbocycles. The minimum absolute atomic E-state index is 0.103. The second-order valence-electron chi connectivity index (χ2n) is 5.17. The number of halogens is 1. The van der Waals surface area contributed by atoms with E-state index in [4.69, 9.17) is 5.73 Å². The Morgan fingerprint density at radius 3 is 2.56 bits per heavy atom. The summed E-state index contributed by atoms with van der Waals surface area (Å²) >= 11 is 0. The maximum atomic E-state index is 13.7. The van der Waals surface area contributed by atoms with E-state index in [2.05, 4.69) is 18.9 Å². The van der Waals surface area contributed by atoms with Crippen LogP contribution in [0.15, 0.2) is 24.3 Å². The first kappa shape index (κ1) is 15.1. The molecule has 0 heterocycles. The molecule has 102 valence electrons. The number of rotatable bonds is 7. The van der Waals surface area contributed by atoms with Gasteiger partial charge in [-0.05, 0) is 45.3 Å². The van der Waals surface area contributed by atoms with Crippen molar-refractivity contribution in [1.82, 2.24) is 4.90 Å². The van der Waals surface area contributed by atoms with Crippen molar-refractivity contribution < 1.29 is 4.39 Å². The lowest BCUT2D eigenvalue weighted by molar-refractivity contribution is 0.217. The summed E-state index contributed by atoms with van der Waals surface area (Å²) in [6.07, 6.45) is 2.19. The lowest BCUT2D eigenvalue weighted by atomic mass is 10.0. The molecule has 2 unspecified atom stereocenters. The Morgan fingerprint density at radius 2 is 1.94 bits per heavy atom. The molecule has 0 radical (unpaired) electrons. The standard InChI is InChI=1S/C15H25FN2/c1-12(7-6-10-17)11-18(3)13(2)14-8-4-5-9-15(14)16/h4-5,8-9,12-13H,6-7,10-11,17H2,1-3H3. The van der Waals surface area contributed by atoms with Crippen LogP contribution in [0.25, 0.3) is 0 Å². The van der Waals surface area contributed by atoms with Crippen LogP contribution in [0.3, 0.4) is 0 Å². The molecule has 1 aromatic rings. The Kier molecular flexibility index (Phi) is 6.30. The number of hydrogen-bond donors (Lipinski definition) is 1. The molecular weight excluding hydrogens is 227 g/mol. The van der Waals surface area contributed by atoms with Crippen molar-refractivity contribution in [3.63, 3.8) is 0 Å². The molecule has 0 aromatic heterocycles. The molecule has 18 heavy (non-hydrogen) atoms. The molecule has 0 amide bonds. The lowest BCUT2D eigenvalue weighted by Gasteiger charge is -2.28. The highest BCUT2D eigenvalue weighted by atomic mass is 19.1. The van der Waals surface area contributed by atoms with Crippen molar-refractivity contribution >= 4 is 0 Å². The Bertz CT molecular complexity index is 354. The van der Waals surface area contributed by atoms with E-state index in [0.29, 0.717) is 5.92 Å². The smallest absolute Gasteiger partial charge is 0.127 e. The summed E-state index contributed by atoms with van der Waals surface area (Å²) in [4.78, 5) is 2.21. The molecule has 3 heteroatoms. The largest absolute Gasteiger partial charge is 0.330 e. The van der Waals surface area contributed by atoms with Gasteiger partial charge in [0.2, 0.25) is 0 Å². The summed E-state index contributed by atoms with van der Waals surface area (Å²) in [5.41, 5.74) is 6.28. The van der Waals surface area contributed by atoms with Crippen molar-refractivity contribution in [1.29, 1.82) is 0 Å². The maximum Gasteiger partial charge on any atom is 0.127 e. The Morgan fingerprint density at radius 1 is 1.28 bits per heavy atom. The van der Waals surface area contributed by atoms with Crippen molar-refractivity contribution in [2.24, 2.45) is 11.7 Å². The Hall–Kier alpha value is -0.930. The summed E-state index contributed by atoms with van der Waals surface area (Å²) in [5, 5.41) is 0. The summed E-state index contributed by atoms with van der Waals surface area (Å²) in [6.45, 7) is 5.99. The first-order valence-corrected chi connectivity index (χ1v) is 6.71. The lowest BCUT2D eigenvalue weighted by Crippen LogP contribution is -2.28. The zero-order valence-corrected chi connectivity index (χ0v) is 11.7. The van der Waals surface area contributed by atoms with Gasteiger partial charge in [0.05, 0.1) is 0 Å². The SMILES string of the molecule is CC(CCCN)CN(C)C(C)c1ccccc1F. The highest BCUT2D eigenvalue weighted by Crippen LogP contribution is 2.22. The molecule has 0 aliphatic carbocycles. The van der Waals surface area contributed by atoms with E-state index < -0.39 is 0 Å². The van der Waals surface area contributed by atoms with Crippen LogP contribution in [0.1, 0.15) is 38.3 Å². The molecule has 0 spiro atoms. The molecule has 2 N–H and O–H groups in total. The third kappa shape index (κ3) is 4.39. The van der Waals surface area contributed by atoms with Gasteiger partial charge in [0.1, 0.15) is 5.82 Å². The van der Waals surface area contributed by atoms with Crippen LogP contribution in [0, 0.1) is 11.7 Å². The highest BCUT2D eigenvalue weighted by molar-refractivity contribution is 5.20. The van der Waals surface area contributed by atoms with Gasteiger partial charge in [-0.15, -0.1) is 0 Å². The third-order valence-corrected chi connectivity index (χ3v) is 3.52. The van der Waals surface area contributed by atoms with Crippen LogP contribution in [0.2, 0.25) is 0 Å². The van der Waals surface area contributed by atoms with Gasteiger partial charge in [-0.2, -0.15) is 0 Å². The summed E-state index contributed by atoms with van der Waals surface area (Å²) in [7, 11) is 2.05. The van der Waals surface area contributed by atoms with E-state index in [1.54, 1.807) is 6.07 Å². The van der Waals surface area contributed by atoms with Crippen LogP contribution < -0.4 is 5.73 Å². The molecule has 1 rings (SSSR count). The number of nitrogens with two attached hydrogens (primary N) is 1. The molecule has 2 atom stereocenters. The van der Waals surface area contributed by atoms with Gasteiger partial charge < -0.3 is 5.73 Å². The second-order valence-corrected chi connectivity index (χ2v) is 5.17. The van der Waals surface area contributed by atoms with Gasteiger partial charge >= 0.3 is 0 Å². The van der Waals surface area contributed by atoms with E-state index in [-0.39, 0.29) is 11.9 Å². The molecule has 0 bridgehead atoms. The van der Waals surface area contributed by atoms with Crippen LogP contribution in [-0.4, -0.2) is 25.0 Å². The Balaban J connectivity index is 2.56. The summed E-state index contributed by atoms with van der Waals surface area (Å²) in [6, 6.07) is 7.11. The van der Waals surface area contributed by atoms with E-state index in [1.807, 2.05) is 19.1 Å². The minimum Gasteiger partial charge on any atom is -0.330 e. The third-order valence-electron chi connectivity index (χ3n) is 3.52. The minimum atomic E-state index is -0.119. The van der Waals surface area contributed by atoms with Gasteiger partial charge in [0.25, 0.3) is 0 Å². The molecule has 0 aliphatic rings. The zero-order chi connectivity index (χ0) is 13.5. The predicted molar refractivity (Wildman–Crippen MR) is 74.9 cm³/mol. The monoisotopic (exact) mass is 252 g/mol. The fourth-order valence-electron chi connectivity index (χ4n) is 2.26. The van der Waals surface area contributed by atoms with E-state index in [1.165, 1.54) is 6.07 Å². The number of benzene rings is 1. The van der Waals surface area contributed by atoms with Crippen LogP contribution in [0.4, 0.5) is 4.39 Å². The summed E-state index contributed by atoms with van der Waals surface area (Å²) < 4.78 is 13.7. The summed E-state index contributed by atoms with van der Waals surface area (Å²) in [5.74, 6) is 0.472. The fraction of sp³-hybridized carbons (Fsp3) is 0.600. The molecule has 0 saturated carbocycles. The van der Waals surface area contributed by atoms with E-state index in [0.717, 1.165) is 31.5 Å². The van der Waals surface area contributed by atoms with Crippen molar-refractivity contribution in [3.05, 3.63) is 35.6 Å². The topological polar surface area (TPSA) is 29.3 Å². The number of nitrogens with zero attached hydrogens (tertiary/aromatic N) is 1. The fourth-order valence-corrected chi connectivity index (χ4v) is 2.26. The zero-order valence-electron chi connectivity index (χ0n) is 11.7. The maximum absolute atomic E-state index is 13.7. The average Bonchev–Trinajstić information content (AvgIpc) is 2.36. The van der Waals surface area contributed by atoms with Crippen LogP contribution >= 0.6 is 0 Å². The average molecular weight is 252 g/mol. The first-order valence-electron chi connectivity index (χ1n) is 6.71. The van der Waals surface area contributed by atoms with Gasteiger partial charge in [-0.1, -0.05) is 25.1 Å². The normalized spacial score (nSPS) is 14.8. The highest BCUT2D eigenvalue weighted by Gasteiger charge is 2.16. The molecule has 0 saturated heterocycles. The van der Waals surface area contributed by atoms with Gasteiger partial charge in [0, 0.05) is 18.2 Å². The van der Waals surface area contributed by atoms with E-state index >= 15 is 0 Å².